The van der Waals surface area contributed by atoms with E-state index < -0.39 is 0 Å². The normalized spacial score (nSPS) is 20.8. The predicted molar refractivity (Wildman–Crippen MR) is 72.8 cm³/mol. The number of hydrogen-bond donors (Lipinski definition) is 1. The second-order valence-electron chi connectivity index (χ2n) is 4.83. The van der Waals surface area contributed by atoms with Crippen molar-refractivity contribution >= 4 is 11.6 Å². The number of aliphatic hydroxyl groups is 1. The molecule has 0 radical (unpaired) electrons. The maximum absolute atomic E-state index is 9.36. The van der Waals surface area contributed by atoms with Crippen LogP contribution in [0.4, 0.5) is 0 Å². The molecule has 1 aromatic heterocycles. The SMILES string of the molecule is CCc1nn(CC)c(CN2CCC[C@H]2CO)c1Cl. The van der Waals surface area contributed by atoms with Gasteiger partial charge >= 0.3 is 0 Å². The summed E-state index contributed by atoms with van der Waals surface area (Å²) in [5.41, 5.74) is 2.07. The van der Waals surface area contributed by atoms with E-state index in [4.69, 9.17) is 11.6 Å². The van der Waals surface area contributed by atoms with Gasteiger partial charge in [0, 0.05) is 19.1 Å². The Morgan fingerprint density at radius 1 is 1.44 bits per heavy atom. The van der Waals surface area contributed by atoms with Gasteiger partial charge in [0.2, 0.25) is 0 Å². The summed E-state index contributed by atoms with van der Waals surface area (Å²) in [4.78, 5) is 2.31. The van der Waals surface area contributed by atoms with E-state index in [-0.39, 0.29) is 12.6 Å². The molecule has 0 saturated carbocycles. The maximum Gasteiger partial charge on any atom is 0.0863 e. The van der Waals surface area contributed by atoms with Gasteiger partial charge in [0.1, 0.15) is 0 Å². The first-order valence-corrected chi connectivity index (χ1v) is 7.18. The van der Waals surface area contributed by atoms with Crippen LogP contribution in [-0.4, -0.2) is 39.0 Å². The molecule has 0 bridgehead atoms. The van der Waals surface area contributed by atoms with Crippen LogP contribution >= 0.6 is 11.6 Å². The molecule has 0 aliphatic carbocycles. The minimum atomic E-state index is 0.235. The highest BCUT2D eigenvalue weighted by Crippen LogP contribution is 2.26. The van der Waals surface area contributed by atoms with Gasteiger partial charge in [-0.2, -0.15) is 5.10 Å². The van der Waals surface area contributed by atoms with Crippen LogP contribution < -0.4 is 0 Å². The van der Waals surface area contributed by atoms with Crippen molar-refractivity contribution in [3.63, 3.8) is 0 Å². The van der Waals surface area contributed by atoms with Crippen molar-refractivity contribution in [1.29, 1.82) is 0 Å². The lowest BCUT2D eigenvalue weighted by Gasteiger charge is -2.23. The van der Waals surface area contributed by atoms with Crippen LogP contribution in [0, 0.1) is 0 Å². The molecule has 0 amide bonds. The van der Waals surface area contributed by atoms with Gasteiger partial charge in [0.15, 0.2) is 0 Å². The van der Waals surface area contributed by atoms with Gasteiger partial charge in [-0.05, 0) is 32.7 Å². The molecule has 1 saturated heterocycles. The minimum absolute atomic E-state index is 0.235. The van der Waals surface area contributed by atoms with Crippen LogP contribution in [0.25, 0.3) is 0 Å². The summed E-state index contributed by atoms with van der Waals surface area (Å²) in [6.07, 6.45) is 3.10. The van der Waals surface area contributed by atoms with Crippen LogP contribution in [0.1, 0.15) is 38.1 Å². The number of halogens is 1. The van der Waals surface area contributed by atoms with E-state index in [2.05, 4.69) is 23.8 Å². The van der Waals surface area contributed by atoms with Gasteiger partial charge in [-0.15, -0.1) is 0 Å². The number of aromatic nitrogens is 2. The number of likely N-dealkylation sites (tertiary alicyclic amines) is 1. The van der Waals surface area contributed by atoms with Crippen molar-refractivity contribution in [1.82, 2.24) is 14.7 Å². The first kappa shape index (κ1) is 13.8. The fraction of sp³-hybridized carbons (Fsp3) is 0.769. The summed E-state index contributed by atoms with van der Waals surface area (Å²) < 4.78 is 1.99. The van der Waals surface area contributed by atoms with E-state index in [1.165, 1.54) is 0 Å². The maximum atomic E-state index is 9.36. The fourth-order valence-corrected chi connectivity index (χ4v) is 3.00. The summed E-state index contributed by atoms with van der Waals surface area (Å²) in [5, 5.41) is 14.7. The van der Waals surface area contributed by atoms with Crippen LogP contribution in [-0.2, 0) is 19.5 Å². The Morgan fingerprint density at radius 3 is 2.83 bits per heavy atom. The molecular weight excluding hydrogens is 250 g/mol. The van der Waals surface area contributed by atoms with Crippen molar-refractivity contribution < 1.29 is 5.11 Å². The molecule has 2 heterocycles. The molecule has 1 aromatic rings. The first-order chi connectivity index (χ1) is 8.71. The van der Waals surface area contributed by atoms with Gasteiger partial charge in [0.25, 0.3) is 0 Å². The van der Waals surface area contributed by atoms with Crippen LogP contribution in [0.5, 0.6) is 0 Å². The van der Waals surface area contributed by atoms with Crippen molar-refractivity contribution in [2.24, 2.45) is 0 Å². The van der Waals surface area contributed by atoms with Crippen LogP contribution in [0.15, 0.2) is 0 Å². The molecule has 0 unspecified atom stereocenters. The third-order valence-electron chi connectivity index (χ3n) is 3.76. The minimum Gasteiger partial charge on any atom is -0.395 e. The second kappa shape index (κ2) is 6.04. The lowest BCUT2D eigenvalue weighted by molar-refractivity contribution is 0.151. The summed E-state index contributed by atoms with van der Waals surface area (Å²) in [7, 11) is 0. The van der Waals surface area contributed by atoms with E-state index in [9.17, 15) is 5.11 Å². The van der Waals surface area contributed by atoms with Crippen molar-refractivity contribution in [2.75, 3.05) is 13.2 Å². The number of hydrogen-bond acceptors (Lipinski definition) is 3. The lowest BCUT2D eigenvalue weighted by atomic mass is 10.2. The second-order valence-corrected chi connectivity index (χ2v) is 5.20. The summed E-state index contributed by atoms with van der Waals surface area (Å²) in [5.74, 6) is 0. The molecule has 0 aromatic carbocycles. The Balaban J connectivity index is 2.19. The Morgan fingerprint density at radius 2 is 2.22 bits per heavy atom. The monoisotopic (exact) mass is 271 g/mol. The van der Waals surface area contributed by atoms with Gasteiger partial charge in [0.05, 0.1) is 23.0 Å². The van der Waals surface area contributed by atoms with E-state index >= 15 is 0 Å². The molecule has 1 aliphatic heterocycles. The zero-order valence-electron chi connectivity index (χ0n) is 11.2. The average molecular weight is 272 g/mol. The highest BCUT2D eigenvalue weighted by atomic mass is 35.5. The molecule has 1 N–H and O–H groups in total. The molecule has 18 heavy (non-hydrogen) atoms. The summed E-state index contributed by atoms with van der Waals surface area (Å²) in [6.45, 7) is 7.07. The highest BCUT2D eigenvalue weighted by molar-refractivity contribution is 6.31. The molecule has 5 heteroatoms. The van der Waals surface area contributed by atoms with Crippen molar-refractivity contribution in [3.8, 4) is 0 Å². The molecule has 4 nitrogen and oxygen atoms in total. The average Bonchev–Trinajstić information content (AvgIpc) is 2.95. The summed E-state index contributed by atoms with van der Waals surface area (Å²) in [6, 6.07) is 0.284. The number of aliphatic hydroxyl groups excluding tert-OH is 1. The fourth-order valence-electron chi connectivity index (χ4n) is 2.67. The van der Waals surface area contributed by atoms with E-state index in [0.29, 0.717) is 0 Å². The number of nitrogens with zero attached hydrogens (tertiary/aromatic N) is 3. The van der Waals surface area contributed by atoms with Crippen molar-refractivity contribution in [3.05, 3.63) is 16.4 Å². The van der Waals surface area contributed by atoms with Crippen LogP contribution in [0.2, 0.25) is 5.02 Å². The van der Waals surface area contributed by atoms with E-state index in [1.54, 1.807) is 0 Å². The smallest absolute Gasteiger partial charge is 0.0863 e. The zero-order chi connectivity index (χ0) is 13.1. The predicted octanol–water partition coefficient (Wildman–Crippen LogP) is 2.08. The molecular formula is C13H22ClN3O. The Bertz CT molecular complexity index is 405. The number of rotatable bonds is 5. The highest BCUT2D eigenvalue weighted by Gasteiger charge is 2.26. The van der Waals surface area contributed by atoms with Crippen LogP contribution in [0.3, 0.4) is 0 Å². The zero-order valence-corrected chi connectivity index (χ0v) is 11.9. The Hall–Kier alpha value is -0.580. The number of aryl methyl sites for hydroxylation is 2. The first-order valence-electron chi connectivity index (χ1n) is 6.80. The standard InChI is InChI=1S/C13H22ClN3O/c1-3-11-13(14)12(17(4-2)15-11)8-16-7-5-6-10(16)9-18/h10,18H,3-9H2,1-2H3/t10-/m0/s1. The van der Waals surface area contributed by atoms with Crippen molar-refractivity contribution in [2.45, 2.75) is 52.2 Å². The van der Waals surface area contributed by atoms with Gasteiger partial charge in [-0.1, -0.05) is 18.5 Å². The molecule has 2 rings (SSSR count). The Kier molecular flexibility index (Phi) is 4.65. The summed E-state index contributed by atoms with van der Waals surface area (Å²) >= 11 is 6.41. The molecule has 0 spiro atoms. The Labute approximate surface area is 114 Å². The van der Waals surface area contributed by atoms with Gasteiger partial charge in [-0.3, -0.25) is 9.58 Å². The molecule has 1 fully saturated rings. The lowest BCUT2D eigenvalue weighted by Crippen LogP contribution is -2.32. The third kappa shape index (κ3) is 2.56. The molecule has 1 aliphatic rings. The van der Waals surface area contributed by atoms with Gasteiger partial charge < -0.3 is 5.11 Å². The molecule has 102 valence electrons. The largest absolute Gasteiger partial charge is 0.395 e. The molecule has 1 atom stereocenters. The van der Waals surface area contributed by atoms with E-state index in [1.807, 2.05) is 4.68 Å². The quantitative estimate of drug-likeness (QED) is 0.891. The topological polar surface area (TPSA) is 41.3 Å². The third-order valence-corrected chi connectivity index (χ3v) is 4.19. The van der Waals surface area contributed by atoms with Gasteiger partial charge in [-0.25, -0.2) is 0 Å². The van der Waals surface area contributed by atoms with E-state index in [0.717, 1.165) is 55.3 Å².